The smallest absolute Gasteiger partial charge is 0.126 e. The van der Waals surface area contributed by atoms with Gasteiger partial charge in [-0.1, -0.05) is 17.7 Å². The quantitative estimate of drug-likeness (QED) is 0.845. The van der Waals surface area contributed by atoms with Gasteiger partial charge in [-0.15, -0.1) is 0 Å². The molecule has 0 heterocycles. The van der Waals surface area contributed by atoms with Gasteiger partial charge >= 0.3 is 0 Å². The van der Waals surface area contributed by atoms with Gasteiger partial charge < -0.3 is 14.6 Å². The number of benzene rings is 1. The van der Waals surface area contributed by atoms with Crippen molar-refractivity contribution in [2.24, 2.45) is 0 Å². The van der Waals surface area contributed by atoms with Gasteiger partial charge in [0.05, 0.1) is 18.7 Å². The second-order valence-corrected chi connectivity index (χ2v) is 3.44. The number of methoxy groups -OCH3 is 1. The molecule has 0 spiro atoms. The highest BCUT2D eigenvalue weighted by atomic mass is 35.5. The molecular formula is C11H15ClO3. The third-order valence-corrected chi connectivity index (χ3v) is 2.38. The first-order chi connectivity index (χ1) is 7.20. The average Bonchev–Trinajstić information content (AvgIpc) is 2.25. The predicted octanol–water partition coefficient (Wildman–Crippen LogP) is 2.42. The van der Waals surface area contributed by atoms with E-state index in [0.717, 1.165) is 0 Å². The molecule has 0 aromatic heterocycles. The van der Waals surface area contributed by atoms with Crippen molar-refractivity contribution in [1.82, 2.24) is 0 Å². The zero-order chi connectivity index (χ0) is 11.3. The lowest BCUT2D eigenvalue weighted by atomic mass is 10.1. The van der Waals surface area contributed by atoms with Gasteiger partial charge in [-0.3, -0.25) is 0 Å². The molecule has 0 saturated heterocycles. The fourth-order valence-electron chi connectivity index (χ4n) is 1.33. The van der Waals surface area contributed by atoms with Crippen LogP contribution < -0.4 is 4.74 Å². The fourth-order valence-corrected chi connectivity index (χ4v) is 1.62. The fraction of sp³-hybridized carbons (Fsp3) is 0.455. The molecule has 1 unspecified atom stereocenters. The van der Waals surface area contributed by atoms with Crippen LogP contribution in [0.4, 0.5) is 0 Å². The Labute approximate surface area is 94.6 Å². The zero-order valence-corrected chi connectivity index (χ0v) is 9.62. The maximum atomic E-state index is 9.85. The number of ether oxygens (including phenoxy) is 2. The Morgan fingerprint density at radius 2 is 2.20 bits per heavy atom. The lowest BCUT2D eigenvalue weighted by Gasteiger charge is -2.15. The van der Waals surface area contributed by atoms with Crippen molar-refractivity contribution in [3.8, 4) is 5.75 Å². The third-order valence-electron chi connectivity index (χ3n) is 2.05. The third kappa shape index (κ3) is 3.09. The second kappa shape index (κ2) is 5.95. The topological polar surface area (TPSA) is 38.7 Å². The summed E-state index contributed by atoms with van der Waals surface area (Å²) >= 11 is 5.99. The van der Waals surface area contributed by atoms with Crippen LogP contribution >= 0.6 is 11.6 Å². The van der Waals surface area contributed by atoms with Crippen molar-refractivity contribution in [3.63, 3.8) is 0 Å². The molecule has 84 valence electrons. The van der Waals surface area contributed by atoms with Crippen molar-refractivity contribution in [2.75, 3.05) is 20.3 Å². The minimum atomic E-state index is -0.756. The predicted molar refractivity (Wildman–Crippen MR) is 59.5 cm³/mol. The van der Waals surface area contributed by atoms with Gasteiger partial charge in [-0.05, 0) is 19.1 Å². The molecule has 0 saturated carbocycles. The van der Waals surface area contributed by atoms with Crippen LogP contribution in [0, 0.1) is 0 Å². The number of aliphatic hydroxyl groups excluding tert-OH is 1. The number of rotatable bonds is 5. The Morgan fingerprint density at radius 3 is 2.80 bits per heavy atom. The van der Waals surface area contributed by atoms with Crippen LogP contribution in [-0.4, -0.2) is 25.4 Å². The van der Waals surface area contributed by atoms with Crippen LogP contribution in [0.2, 0.25) is 5.02 Å². The van der Waals surface area contributed by atoms with Crippen LogP contribution in [0.15, 0.2) is 18.2 Å². The van der Waals surface area contributed by atoms with Crippen molar-refractivity contribution >= 4 is 11.6 Å². The number of hydrogen-bond donors (Lipinski definition) is 1. The normalized spacial score (nSPS) is 12.5. The SMILES string of the molecule is CCOCC(O)c1c(Cl)cccc1OC. The van der Waals surface area contributed by atoms with Gasteiger partial charge in [-0.25, -0.2) is 0 Å². The molecule has 0 radical (unpaired) electrons. The highest BCUT2D eigenvalue weighted by Crippen LogP contribution is 2.32. The van der Waals surface area contributed by atoms with Gasteiger partial charge in [0.2, 0.25) is 0 Å². The molecule has 4 heteroatoms. The summed E-state index contributed by atoms with van der Waals surface area (Å²) in [5.41, 5.74) is 0.579. The molecule has 1 atom stereocenters. The minimum Gasteiger partial charge on any atom is -0.496 e. The summed E-state index contributed by atoms with van der Waals surface area (Å²) in [4.78, 5) is 0. The summed E-state index contributed by atoms with van der Waals surface area (Å²) in [6.45, 7) is 2.65. The molecule has 1 aromatic carbocycles. The summed E-state index contributed by atoms with van der Waals surface area (Å²) < 4.78 is 10.3. The first kappa shape index (κ1) is 12.3. The Kier molecular flexibility index (Phi) is 4.88. The van der Waals surface area contributed by atoms with Crippen LogP contribution in [0.3, 0.4) is 0 Å². The van der Waals surface area contributed by atoms with Crippen molar-refractivity contribution in [2.45, 2.75) is 13.0 Å². The monoisotopic (exact) mass is 230 g/mol. The van der Waals surface area contributed by atoms with Crippen molar-refractivity contribution in [3.05, 3.63) is 28.8 Å². The standard InChI is InChI=1S/C11H15ClO3/c1-3-15-7-9(13)11-8(12)5-4-6-10(11)14-2/h4-6,9,13H,3,7H2,1-2H3. The van der Waals surface area contributed by atoms with Gasteiger partial charge in [0, 0.05) is 12.2 Å². The van der Waals surface area contributed by atoms with Crippen LogP contribution in [-0.2, 0) is 4.74 Å². The van der Waals surface area contributed by atoms with Crippen LogP contribution in [0.25, 0.3) is 0 Å². The van der Waals surface area contributed by atoms with E-state index in [-0.39, 0.29) is 6.61 Å². The van der Waals surface area contributed by atoms with E-state index in [0.29, 0.717) is 22.9 Å². The van der Waals surface area contributed by atoms with Gasteiger partial charge in [0.15, 0.2) is 0 Å². The summed E-state index contributed by atoms with van der Waals surface area (Å²) in [6, 6.07) is 5.25. The molecule has 1 N–H and O–H groups in total. The molecule has 0 aliphatic heterocycles. The summed E-state index contributed by atoms with van der Waals surface area (Å²) in [5, 5.41) is 10.3. The summed E-state index contributed by atoms with van der Waals surface area (Å²) in [7, 11) is 1.54. The Balaban J connectivity index is 2.90. The van der Waals surface area contributed by atoms with Gasteiger partial charge in [-0.2, -0.15) is 0 Å². The number of halogens is 1. The highest BCUT2D eigenvalue weighted by molar-refractivity contribution is 6.31. The van der Waals surface area contributed by atoms with E-state index >= 15 is 0 Å². The minimum absolute atomic E-state index is 0.219. The van der Waals surface area contributed by atoms with E-state index in [2.05, 4.69) is 0 Å². The number of aliphatic hydroxyl groups is 1. The first-order valence-electron chi connectivity index (χ1n) is 4.78. The maximum absolute atomic E-state index is 9.85. The van der Waals surface area contributed by atoms with E-state index in [4.69, 9.17) is 21.1 Å². The molecular weight excluding hydrogens is 216 g/mol. The zero-order valence-electron chi connectivity index (χ0n) is 8.87. The number of hydrogen-bond acceptors (Lipinski definition) is 3. The Morgan fingerprint density at radius 1 is 1.47 bits per heavy atom. The summed E-state index contributed by atoms with van der Waals surface area (Å²) in [6.07, 6.45) is -0.756. The van der Waals surface area contributed by atoms with E-state index in [1.807, 2.05) is 6.92 Å². The van der Waals surface area contributed by atoms with Crippen LogP contribution in [0.5, 0.6) is 5.75 Å². The van der Waals surface area contributed by atoms with Crippen molar-refractivity contribution < 1.29 is 14.6 Å². The molecule has 0 aliphatic carbocycles. The molecule has 0 amide bonds. The van der Waals surface area contributed by atoms with Crippen molar-refractivity contribution in [1.29, 1.82) is 0 Å². The van der Waals surface area contributed by atoms with Gasteiger partial charge in [0.1, 0.15) is 11.9 Å². The molecule has 3 nitrogen and oxygen atoms in total. The lowest BCUT2D eigenvalue weighted by Crippen LogP contribution is -2.09. The molecule has 0 aliphatic rings. The van der Waals surface area contributed by atoms with Gasteiger partial charge in [0.25, 0.3) is 0 Å². The van der Waals surface area contributed by atoms with E-state index in [9.17, 15) is 5.11 Å². The largest absolute Gasteiger partial charge is 0.496 e. The lowest BCUT2D eigenvalue weighted by molar-refractivity contribution is 0.0408. The molecule has 1 aromatic rings. The first-order valence-corrected chi connectivity index (χ1v) is 5.16. The molecule has 0 fully saturated rings. The molecule has 1 rings (SSSR count). The Hall–Kier alpha value is -0.770. The average molecular weight is 231 g/mol. The molecule has 15 heavy (non-hydrogen) atoms. The second-order valence-electron chi connectivity index (χ2n) is 3.03. The Bertz CT molecular complexity index is 315. The van der Waals surface area contributed by atoms with E-state index in [1.54, 1.807) is 25.3 Å². The van der Waals surface area contributed by atoms with E-state index in [1.165, 1.54) is 0 Å². The summed E-state index contributed by atoms with van der Waals surface area (Å²) in [5.74, 6) is 0.578. The van der Waals surface area contributed by atoms with Crippen LogP contribution in [0.1, 0.15) is 18.6 Å². The molecule has 0 bridgehead atoms. The maximum Gasteiger partial charge on any atom is 0.126 e. The van der Waals surface area contributed by atoms with E-state index < -0.39 is 6.10 Å². The highest BCUT2D eigenvalue weighted by Gasteiger charge is 2.16.